The number of nitrogens with one attached hydrogen (secondary N) is 1. The van der Waals surface area contributed by atoms with Crippen LogP contribution in [0, 0.1) is 0 Å². The molecule has 0 aromatic heterocycles. The van der Waals surface area contributed by atoms with E-state index in [9.17, 15) is 9.59 Å². The fourth-order valence-electron chi connectivity index (χ4n) is 0.878. The summed E-state index contributed by atoms with van der Waals surface area (Å²) in [7, 11) is 0. The summed E-state index contributed by atoms with van der Waals surface area (Å²) in [6.07, 6.45) is 2.55. The Hall–Kier alpha value is -0.460. The minimum absolute atomic E-state index is 0. The van der Waals surface area contributed by atoms with Crippen molar-refractivity contribution in [2.45, 2.75) is 19.4 Å². The van der Waals surface area contributed by atoms with Crippen LogP contribution in [0.4, 0.5) is 0 Å². The van der Waals surface area contributed by atoms with Gasteiger partial charge in [0.05, 0.1) is 12.6 Å². The van der Waals surface area contributed by atoms with E-state index < -0.39 is 12.0 Å². The number of carbonyl (C=O) groups excluding carboxylic acids is 2. The van der Waals surface area contributed by atoms with Gasteiger partial charge in [-0.1, -0.05) is 0 Å². The maximum Gasteiger partial charge on any atom is 0.325 e. The lowest BCUT2D eigenvalue weighted by Crippen LogP contribution is -2.43. The number of rotatable bonds is 7. The SMILES string of the molecule is CCOC(=O)CNC(=O)[C@@H](N)CCSC.Cl. The molecule has 0 unspecified atom stereocenters. The molecule has 0 radical (unpaired) electrons. The van der Waals surface area contributed by atoms with E-state index in [1.807, 2.05) is 6.26 Å². The molecule has 0 fully saturated rings. The Balaban J connectivity index is 0. The van der Waals surface area contributed by atoms with Crippen molar-refractivity contribution in [3.8, 4) is 0 Å². The molecule has 1 atom stereocenters. The van der Waals surface area contributed by atoms with Gasteiger partial charge in [-0.25, -0.2) is 0 Å². The van der Waals surface area contributed by atoms with E-state index in [0.717, 1.165) is 5.75 Å². The van der Waals surface area contributed by atoms with Crippen LogP contribution < -0.4 is 11.1 Å². The summed E-state index contributed by atoms with van der Waals surface area (Å²) in [6, 6.07) is -0.549. The van der Waals surface area contributed by atoms with Gasteiger partial charge in [-0.05, 0) is 25.4 Å². The van der Waals surface area contributed by atoms with Gasteiger partial charge in [0.2, 0.25) is 5.91 Å². The maximum atomic E-state index is 11.3. The van der Waals surface area contributed by atoms with Crippen LogP contribution in [0.3, 0.4) is 0 Å². The molecule has 16 heavy (non-hydrogen) atoms. The second-order valence-electron chi connectivity index (χ2n) is 2.91. The number of halogens is 1. The number of amides is 1. The summed E-state index contributed by atoms with van der Waals surface area (Å²) in [5.74, 6) is 0.0774. The lowest BCUT2D eigenvalue weighted by molar-refractivity contribution is -0.143. The van der Waals surface area contributed by atoms with Crippen LogP contribution in [0.1, 0.15) is 13.3 Å². The number of esters is 1. The van der Waals surface area contributed by atoms with Gasteiger partial charge < -0.3 is 15.8 Å². The molecular formula is C9H19ClN2O3S. The van der Waals surface area contributed by atoms with Gasteiger partial charge in [0, 0.05) is 0 Å². The molecular weight excluding hydrogens is 252 g/mol. The molecule has 0 heterocycles. The van der Waals surface area contributed by atoms with Crippen molar-refractivity contribution in [1.82, 2.24) is 5.32 Å². The molecule has 7 heteroatoms. The fourth-order valence-corrected chi connectivity index (χ4v) is 1.37. The van der Waals surface area contributed by atoms with Crippen molar-refractivity contribution in [3.05, 3.63) is 0 Å². The summed E-state index contributed by atoms with van der Waals surface area (Å²) in [6.45, 7) is 1.91. The highest BCUT2D eigenvalue weighted by atomic mass is 35.5. The predicted octanol–water partition coefficient (Wildman–Crippen LogP) is 0.168. The first-order valence-corrected chi connectivity index (χ1v) is 6.19. The summed E-state index contributed by atoms with van der Waals surface area (Å²) in [4.78, 5) is 22.2. The Morgan fingerprint density at radius 3 is 2.62 bits per heavy atom. The first kappa shape index (κ1) is 17.9. The Bertz CT molecular complexity index is 217. The van der Waals surface area contributed by atoms with Crippen LogP contribution in [0.5, 0.6) is 0 Å². The normalized spacial score (nSPS) is 11.2. The lowest BCUT2D eigenvalue weighted by Gasteiger charge is -2.10. The zero-order valence-corrected chi connectivity index (χ0v) is 11.2. The van der Waals surface area contributed by atoms with Gasteiger partial charge in [-0.3, -0.25) is 9.59 Å². The third kappa shape index (κ3) is 8.82. The molecule has 3 N–H and O–H groups in total. The molecule has 0 aliphatic carbocycles. The topological polar surface area (TPSA) is 81.4 Å². The Morgan fingerprint density at radius 2 is 2.12 bits per heavy atom. The van der Waals surface area contributed by atoms with Crippen LogP contribution in [0.2, 0.25) is 0 Å². The van der Waals surface area contributed by atoms with Crippen molar-refractivity contribution >= 4 is 36.0 Å². The largest absolute Gasteiger partial charge is 0.465 e. The zero-order valence-electron chi connectivity index (χ0n) is 9.52. The standard InChI is InChI=1S/C9H18N2O3S.ClH/c1-3-14-8(12)6-11-9(13)7(10)4-5-15-2;/h7H,3-6,10H2,1-2H3,(H,11,13);1H/t7-;/m0./s1. The molecule has 0 aromatic rings. The number of hydrogen-bond donors (Lipinski definition) is 2. The van der Waals surface area contributed by atoms with Crippen LogP contribution in [0.25, 0.3) is 0 Å². The van der Waals surface area contributed by atoms with E-state index >= 15 is 0 Å². The van der Waals surface area contributed by atoms with Gasteiger partial charge >= 0.3 is 5.97 Å². The van der Waals surface area contributed by atoms with Crippen molar-refractivity contribution < 1.29 is 14.3 Å². The smallest absolute Gasteiger partial charge is 0.325 e. The summed E-state index contributed by atoms with van der Waals surface area (Å²) < 4.78 is 4.65. The second-order valence-corrected chi connectivity index (χ2v) is 3.90. The Morgan fingerprint density at radius 1 is 1.50 bits per heavy atom. The van der Waals surface area contributed by atoms with Crippen LogP contribution in [0.15, 0.2) is 0 Å². The summed E-state index contributed by atoms with van der Waals surface area (Å²) in [5, 5.41) is 2.43. The van der Waals surface area contributed by atoms with Crippen LogP contribution >= 0.6 is 24.2 Å². The highest BCUT2D eigenvalue weighted by Gasteiger charge is 2.13. The van der Waals surface area contributed by atoms with Crippen molar-refractivity contribution in [2.75, 3.05) is 25.2 Å². The summed E-state index contributed by atoms with van der Waals surface area (Å²) in [5.41, 5.74) is 5.59. The fraction of sp³-hybridized carbons (Fsp3) is 0.778. The minimum atomic E-state index is -0.549. The first-order chi connectivity index (χ1) is 7.11. The van der Waals surface area contributed by atoms with E-state index in [1.165, 1.54) is 0 Å². The third-order valence-corrected chi connectivity index (χ3v) is 2.33. The van der Waals surface area contributed by atoms with Crippen LogP contribution in [-0.4, -0.2) is 43.1 Å². The molecule has 1 amide bonds. The van der Waals surface area contributed by atoms with Gasteiger partial charge in [-0.15, -0.1) is 12.4 Å². The highest BCUT2D eigenvalue weighted by Crippen LogP contribution is 1.98. The average molecular weight is 271 g/mol. The second kappa shape index (κ2) is 11.0. The van der Waals surface area contributed by atoms with E-state index in [0.29, 0.717) is 13.0 Å². The molecule has 0 aliphatic rings. The molecule has 0 rings (SSSR count). The van der Waals surface area contributed by atoms with Crippen molar-refractivity contribution in [1.29, 1.82) is 0 Å². The predicted molar refractivity (Wildman–Crippen MR) is 67.9 cm³/mol. The Kier molecular flexibility index (Phi) is 12.4. The quantitative estimate of drug-likeness (QED) is 0.645. The molecule has 0 aromatic carbocycles. The number of ether oxygens (including phenoxy) is 1. The van der Waals surface area contributed by atoms with E-state index in [2.05, 4.69) is 10.1 Å². The average Bonchev–Trinajstić information content (AvgIpc) is 2.22. The molecule has 0 aliphatic heterocycles. The van der Waals surface area contributed by atoms with Gasteiger partial charge in [0.15, 0.2) is 0 Å². The molecule has 0 saturated carbocycles. The van der Waals surface area contributed by atoms with Gasteiger partial charge in [-0.2, -0.15) is 11.8 Å². The maximum absolute atomic E-state index is 11.3. The van der Waals surface area contributed by atoms with E-state index in [1.54, 1.807) is 18.7 Å². The van der Waals surface area contributed by atoms with Crippen molar-refractivity contribution in [3.63, 3.8) is 0 Å². The van der Waals surface area contributed by atoms with Gasteiger partial charge in [0.1, 0.15) is 6.54 Å². The zero-order chi connectivity index (χ0) is 11.7. The van der Waals surface area contributed by atoms with Gasteiger partial charge in [0.25, 0.3) is 0 Å². The Labute approximate surface area is 106 Å². The monoisotopic (exact) mass is 270 g/mol. The molecule has 0 saturated heterocycles. The highest BCUT2D eigenvalue weighted by molar-refractivity contribution is 7.98. The van der Waals surface area contributed by atoms with Crippen molar-refractivity contribution in [2.24, 2.45) is 5.73 Å². The molecule has 5 nitrogen and oxygen atoms in total. The van der Waals surface area contributed by atoms with E-state index in [-0.39, 0.29) is 24.9 Å². The number of hydrogen-bond acceptors (Lipinski definition) is 5. The van der Waals surface area contributed by atoms with E-state index in [4.69, 9.17) is 5.73 Å². The molecule has 0 spiro atoms. The molecule has 0 bridgehead atoms. The van der Waals surface area contributed by atoms with Crippen LogP contribution in [-0.2, 0) is 14.3 Å². The minimum Gasteiger partial charge on any atom is -0.465 e. The number of nitrogens with two attached hydrogens (primary N) is 1. The first-order valence-electron chi connectivity index (χ1n) is 4.79. The number of carbonyl (C=O) groups is 2. The third-order valence-electron chi connectivity index (χ3n) is 1.68. The lowest BCUT2D eigenvalue weighted by atomic mass is 10.2. The number of thioether (sulfide) groups is 1. The molecule has 96 valence electrons. The summed E-state index contributed by atoms with van der Waals surface area (Å²) >= 11 is 1.63.